The van der Waals surface area contributed by atoms with E-state index in [4.69, 9.17) is 0 Å². The summed E-state index contributed by atoms with van der Waals surface area (Å²) in [5, 5.41) is 3.52. The van der Waals surface area contributed by atoms with Crippen LogP contribution in [0.15, 0.2) is 36.9 Å². The lowest BCUT2D eigenvalue weighted by Gasteiger charge is -2.17. The summed E-state index contributed by atoms with van der Waals surface area (Å²) in [6.07, 6.45) is 9.34. The average molecular weight is 230 g/mol. The molecule has 0 aliphatic rings. The Bertz CT molecular complexity index is 410. The standard InChI is InChI=1S/C13H18N4/c1-2-5-15-12(9-13-16-7-8-17-13)11-4-3-6-14-10-11/h3-4,6-8,10,12,15H,2,5,9H2,1H3,(H,16,17). The van der Waals surface area contributed by atoms with Gasteiger partial charge in [0.2, 0.25) is 0 Å². The van der Waals surface area contributed by atoms with Crippen molar-refractivity contribution in [2.24, 2.45) is 0 Å². The van der Waals surface area contributed by atoms with Crippen molar-refractivity contribution < 1.29 is 0 Å². The third-order valence-corrected chi connectivity index (χ3v) is 2.68. The van der Waals surface area contributed by atoms with Crippen molar-refractivity contribution in [3.05, 3.63) is 48.3 Å². The fraction of sp³-hybridized carbons (Fsp3) is 0.385. The molecule has 2 heterocycles. The summed E-state index contributed by atoms with van der Waals surface area (Å²) in [6.45, 7) is 3.17. The summed E-state index contributed by atoms with van der Waals surface area (Å²) < 4.78 is 0. The quantitative estimate of drug-likeness (QED) is 0.799. The molecule has 2 aromatic rings. The molecule has 0 spiro atoms. The molecule has 0 aliphatic heterocycles. The molecule has 0 aromatic carbocycles. The van der Waals surface area contributed by atoms with E-state index >= 15 is 0 Å². The molecule has 4 nitrogen and oxygen atoms in total. The van der Waals surface area contributed by atoms with Crippen LogP contribution in [0.3, 0.4) is 0 Å². The number of aromatic nitrogens is 3. The van der Waals surface area contributed by atoms with Gasteiger partial charge in [-0.2, -0.15) is 0 Å². The Morgan fingerprint density at radius 3 is 3.00 bits per heavy atom. The maximum atomic E-state index is 4.27. The minimum atomic E-state index is 0.273. The molecule has 2 rings (SSSR count). The van der Waals surface area contributed by atoms with Gasteiger partial charge in [0, 0.05) is 37.3 Å². The van der Waals surface area contributed by atoms with Gasteiger partial charge in [0.1, 0.15) is 5.82 Å². The Kier molecular flexibility index (Phi) is 4.27. The van der Waals surface area contributed by atoms with Gasteiger partial charge in [-0.15, -0.1) is 0 Å². The number of H-pyrrole nitrogens is 1. The molecular weight excluding hydrogens is 212 g/mol. The minimum absolute atomic E-state index is 0.273. The van der Waals surface area contributed by atoms with E-state index < -0.39 is 0 Å². The van der Waals surface area contributed by atoms with Crippen molar-refractivity contribution in [1.29, 1.82) is 0 Å². The molecule has 2 N–H and O–H groups in total. The van der Waals surface area contributed by atoms with Crippen LogP contribution in [0, 0.1) is 0 Å². The molecule has 0 aliphatic carbocycles. The molecule has 90 valence electrons. The fourth-order valence-electron chi connectivity index (χ4n) is 1.81. The molecule has 0 bridgehead atoms. The van der Waals surface area contributed by atoms with Crippen LogP contribution in [0.1, 0.15) is 30.8 Å². The van der Waals surface area contributed by atoms with Crippen LogP contribution in [0.2, 0.25) is 0 Å². The smallest absolute Gasteiger partial charge is 0.107 e. The number of rotatable bonds is 6. The van der Waals surface area contributed by atoms with Gasteiger partial charge in [-0.05, 0) is 24.6 Å². The summed E-state index contributed by atoms with van der Waals surface area (Å²) >= 11 is 0. The molecule has 0 saturated carbocycles. The van der Waals surface area contributed by atoms with E-state index in [9.17, 15) is 0 Å². The number of nitrogens with zero attached hydrogens (tertiary/aromatic N) is 2. The Balaban J connectivity index is 2.08. The summed E-state index contributed by atoms with van der Waals surface area (Å²) in [5.41, 5.74) is 1.21. The van der Waals surface area contributed by atoms with Crippen LogP contribution in [0.4, 0.5) is 0 Å². The molecule has 0 saturated heterocycles. The number of aromatic amines is 1. The largest absolute Gasteiger partial charge is 0.349 e. The fourth-order valence-corrected chi connectivity index (χ4v) is 1.81. The second kappa shape index (κ2) is 6.15. The van der Waals surface area contributed by atoms with E-state index in [1.54, 1.807) is 12.4 Å². The first-order valence-corrected chi connectivity index (χ1v) is 6.01. The third kappa shape index (κ3) is 3.39. The van der Waals surface area contributed by atoms with Crippen molar-refractivity contribution in [3.63, 3.8) is 0 Å². The van der Waals surface area contributed by atoms with Gasteiger partial charge in [-0.25, -0.2) is 4.98 Å². The van der Waals surface area contributed by atoms with Crippen molar-refractivity contribution in [2.45, 2.75) is 25.8 Å². The van der Waals surface area contributed by atoms with Gasteiger partial charge in [0.25, 0.3) is 0 Å². The molecule has 2 aromatic heterocycles. The Labute approximate surface area is 102 Å². The number of pyridine rings is 1. The van der Waals surface area contributed by atoms with Crippen LogP contribution in [0.5, 0.6) is 0 Å². The number of hydrogen-bond donors (Lipinski definition) is 2. The highest BCUT2D eigenvalue weighted by atomic mass is 14.9. The predicted molar refractivity (Wildman–Crippen MR) is 67.6 cm³/mol. The SMILES string of the molecule is CCCNC(Cc1ncc[nH]1)c1cccnc1. The second-order valence-corrected chi connectivity index (χ2v) is 4.03. The van der Waals surface area contributed by atoms with Crippen molar-refractivity contribution in [2.75, 3.05) is 6.54 Å². The highest BCUT2D eigenvalue weighted by Crippen LogP contribution is 2.15. The number of hydrogen-bond acceptors (Lipinski definition) is 3. The highest BCUT2D eigenvalue weighted by molar-refractivity contribution is 5.15. The predicted octanol–water partition coefficient (Wildman–Crippen LogP) is 2.09. The van der Waals surface area contributed by atoms with E-state index in [-0.39, 0.29) is 6.04 Å². The number of imidazole rings is 1. The molecule has 0 amide bonds. The first-order chi connectivity index (χ1) is 8.40. The molecule has 0 fully saturated rings. The van der Waals surface area contributed by atoms with Crippen LogP contribution in [-0.2, 0) is 6.42 Å². The Morgan fingerprint density at radius 1 is 1.41 bits per heavy atom. The molecule has 1 atom stereocenters. The summed E-state index contributed by atoms with van der Waals surface area (Å²) in [7, 11) is 0. The van der Waals surface area contributed by atoms with Crippen molar-refractivity contribution in [1.82, 2.24) is 20.3 Å². The van der Waals surface area contributed by atoms with Gasteiger partial charge >= 0.3 is 0 Å². The Hall–Kier alpha value is -1.68. The van der Waals surface area contributed by atoms with Crippen LogP contribution < -0.4 is 5.32 Å². The first-order valence-electron chi connectivity index (χ1n) is 6.01. The normalized spacial score (nSPS) is 12.5. The van der Waals surface area contributed by atoms with Crippen LogP contribution in [-0.4, -0.2) is 21.5 Å². The zero-order chi connectivity index (χ0) is 11.9. The van der Waals surface area contributed by atoms with E-state index in [0.29, 0.717) is 0 Å². The lowest BCUT2D eigenvalue weighted by atomic mass is 10.1. The molecule has 17 heavy (non-hydrogen) atoms. The lowest BCUT2D eigenvalue weighted by Crippen LogP contribution is -2.24. The maximum Gasteiger partial charge on any atom is 0.107 e. The van der Waals surface area contributed by atoms with Gasteiger partial charge in [0.15, 0.2) is 0 Å². The number of nitrogens with one attached hydrogen (secondary N) is 2. The molecule has 0 radical (unpaired) electrons. The zero-order valence-electron chi connectivity index (χ0n) is 10.1. The molecule has 1 unspecified atom stereocenters. The monoisotopic (exact) mass is 230 g/mol. The van der Waals surface area contributed by atoms with E-state index in [1.165, 1.54) is 5.56 Å². The average Bonchev–Trinajstić information content (AvgIpc) is 2.88. The third-order valence-electron chi connectivity index (χ3n) is 2.68. The summed E-state index contributed by atoms with van der Waals surface area (Å²) in [5.74, 6) is 1.00. The zero-order valence-corrected chi connectivity index (χ0v) is 10.1. The van der Waals surface area contributed by atoms with E-state index in [1.807, 2.05) is 18.5 Å². The van der Waals surface area contributed by atoms with E-state index in [0.717, 1.165) is 25.2 Å². The van der Waals surface area contributed by atoms with Gasteiger partial charge in [-0.1, -0.05) is 13.0 Å². The summed E-state index contributed by atoms with van der Waals surface area (Å²) in [4.78, 5) is 11.6. The molecular formula is C13H18N4. The minimum Gasteiger partial charge on any atom is -0.349 e. The van der Waals surface area contributed by atoms with Crippen molar-refractivity contribution in [3.8, 4) is 0 Å². The first kappa shape index (κ1) is 11.8. The van der Waals surface area contributed by atoms with E-state index in [2.05, 4.69) is 33.3 Å². The topological polar surface area (TPSA) is 53.6 Å². The van der Waals surface area contributed by atoms with Crippen molar-refractivity contribution >= 4 is 0 Å². The lowest BCUT2D eigenvalue weighted by molar-refractivity contribution is 0.519. The van der Waals surface area contributed by atoms with Gasteiger partial charge in [0.05, 0.1) is 0 Å². The van der Waals surface area contributed by atoms with Gasteiger partial charge < -0.3 is 10.3 Å². The van der Waals surface area contributed by atoms with Gasteiger partial charge in [-0.3, -0.25) is 4.98 Å². The van der Waals surface area contributed by atoms with Crippen LogP contribution in [0.25, 0.3) is 0 Å². The maximum absolute atomic E-state index is 4.27. The second-order valence-electron chi connectivity index (χ2n) is 4.03. The highest BCUT2D eigenvalue weighted by Gasteiger charge is 2.12. The summed E-state index contributed by atoms with van der Waals surface area (Å²) in [6, 6.07) is 4.34. The molecule has 4 heteroatoms. The van der Waals surface area contributed by atoms with Crippen LogP contribution >= 0.6 is 0 Å². The Morgan fingerprint density at radius 2 is 2.35 bits per heavy atom.